The molecule has 0 radical (unpaired) electrons. The van der Waals surface area contributed by atoms with Gasteiger partial charge in [-0.15, -0.1) is 0 Å². The van der Waals surface area contributed by atoms with Crippen molar-refractivity contribution >= 4 is 6.09 Å². The molecule has 0 aliphatic heterocycles. The fourth-order valence-electron chi connectivity index (χ4n) is 1.17. The van der Waals surface area contributed by atoms with Crippen molar-refractivity contribution in [3.05, 3.63) is 24.0 Å². The van der Waals surface area contributed by atoms with E-state index in [1.54, 1.807) is 0 Å². The summed E-state index contributed by atoms with van der Waals surface area (Å²) in [5, 5.41) is 2.76. The second-order valence-corrected chi connectivity index (χ2v) is 4.51. The summed E-state index contributed by atoms with van der Waals surface area (Å²) in [5.74, 6) is 0. The van der Waals surface area contributed by atoms with E-state index in [1.165, 1.54) is 0 Å². The van der Waals surface area contributed by atoms with E-state index in [-0.39, 0.29) is 6.04 Å². The van der Waals surface area contributed by atoms with E-state index in [2.05, 4.69) is 10.3 Å². The summed E-state index contributed by atoms with van der Waals surface area (Å²) < 4.78 is 5.15. The number of H-pyrrole nitrogens is 1. The molecule has 0 unspecified atom stereocenters. The highest BCUT2D eigenvalue weighted by Crippen LogP contribution is 2.12. The molecule has 4 heteroatoms. The normalized spacial score (nSPS) is 13.3. The predicted octanol–water partition coefficient (Wildman–Crippen LogP) is 2.60. The fourth-order valence-corrected chi connectivity index (χ4v) is 1.17. The number of nitrogens with one attached hydrogen (secondary N) is 2. The van der Waals surface area contributed by atoms with Gasteiger partial charge in [-0.1, -0.05) is 0 Å². The first-order valence-corrected chi connectivity index (χ1v) is 5.01. The number of aromatic nitrogens is 1. The van der Waals surface area contributed by atoms with Crippen LogP contribution in [0.25, 0.3) is 0 Å². The minimum atomic E-state index is -0.456. The SMILES string of the molecule is C[C@H](NC(=O)OC(C)(C)C)c1cc[nH]c1. The smallest absolute Gasteiger partial charge is 0.408 e. The van der Waals surface area contributed by atoms with Crippen LogP contribution in [0.5, 0.6) is 0 Å². The number of hydrogen-bond donors (Lipinski definition) is 2. The van der Waals surface area contributed by atoms with Gasteiger partial charge in [-0.25, -0.2) is 4.79 Å². The maximum atomic E-state index is 11.4. The minimum absolute atomic E-state index is 0.0499. The molecule has 1 atom stereocenters. The van der Waals surface area contributed by atoms with Gasteiger partial charge < -0.3 is 15.0 Å². The number of carbonyl (C=O) groups is 1. The van der Waals surface area contributed by atoms with Crippen molar-refractivity contribution < 1.29 is 9.53 Å². The third-order valence-corrected chi connectivity index (χ3v) is 1.86. The lowest BCUT2D eigenvalue weighted by atomic mass is 10.2. The van der Waals surface area contributed by atoms with Gasteiger partial charge in [0.25, 0.3) is 0 Å². The molecule has 0 bridgehead atoms. The molecule has 0 saturated heterocycles. The Kier molecular flexibility index (Phi) is 3.39. The van der Waals surface area contributed by atoms with Crippen LogP contribution in [-0.4, -0.2) is 16.7 Å². The zero-order valence-electron chi connectivity index (χ0n) is 9.63. The Morgan fingerprint density at radius 1 is 1.53 bits per heavy atom. The largest absolute Gasteiger partial charge is 0.444 e. The molecule has 15 heavy (non-hydrogen) atoms. The third kappa shape index (κ3) is 4.06. The topological polar surface area (TPSA) is 54.1 Å². The standard InChI is InChI=1S/C11H18N2O2/c1-8(9-5-6-12-7-9)13-10(14)15-11(2,3)4/h5-8,12H,1-4H3,(H,13,14)/t8-/m0/s1. The van der Waals surface area contributed by atoms with Crippen LogP contribution in [0.2, 0.25) is 0 Å². The fraction of sp³-hybridized carbons (Fsp3) is 0.545. The summed E-state index contributed by atoms with van der Waals surface area (Å²) in [4.78, 5) is 14.4. The Morgan fingerprint density at radius 3 is 2.67 bits per heavy atom. The maximum absolute atomic E-state index is 11.4. The van der Waals surface area contributed by atoms with Gasteiger partial charge >= 0.3 is 6.09 Å². The highest BCUT2D eigenvalue weighted by Gasteiger charge is 2.18. The number of ether oxygens (including phenoxy) is 1. The van der Waals surface area contributed by atoms with Gasteiger partial charge in [0.1, 0.15) is 5.60 Å². The van der Waals surface area contributed by atoms with Gasteiger partial charge in [-0.3, -0.25) is 0 Å². The van der Waals surface area contributed by atoms with Gasteiger partial charge in [-0.05, 0) is 39.3 Å². The Balaban J connectivity index is 2.45. The summed E-state index contributed by atoms with van der Waals surface area (Å²) >= 11 is 0. The van der Waals surface area contributed by atoms with Crippen LogP contribution in [0.3, 0.4) is 0 Å². The lowest BCUT2D eigenvalue weighted by Crippen LogP contribution is -2.33. The molecule has 1 amide bonds. The summed E-state index contributed by atoms with van der Waals surface area (Å²) in [7, 11) is 0. The number of alkyl carbamates (subject to hydrolysis) is 1. The number of carbonyl (C=O) groups excluding carboxylic acids is 1. The molecule has 1 rings (SSSR count). The molecule has 0 aromatic carbocycles. The van der Waals surface area contributed by atoms with E-state index in [0.717, 1.165) is 5.56 Å². The van der Waals surface area contributed by atoms with Crippen LogP contribution >= 0.6 is 0 Å². The number of aromatic amines is 1. The molecule has 1 aromatic heterocycles. The monoisotopic (exact) mass is 210 g/mol. The van der Waals surface area contributed by atoms with E-state index in [0.29, 0.717) is 0 Å². The number of rotatable bonds is 2. The van der Waals surface area contributed by atoms with Gasteiger partial charge in [0.2, 0.25) is 0 Å². The average molecular weight is 210 g/mol. The van der Waals surface area contributed by atoms with Gasteiger partial charge in [0.15, 0.2) is 0 Å². The molecule has 1 heterocycles. The van der Waals surface area contributed by atoms with Crippen molar-refractivity contribution in [2.45, 2.75) is 39.3 Å². The molecular weight excluding hydrogens is 192 g/mol. The molecule has 2 N–H and O–H groups in total. The Bertz CT molecular complexity index is 312. The molecule has 0 aliphatic carbocycles. The van der Waals surface area contributed by atoms with E-state index in [4.69, 9.17) is 4.74 Å². The molecular formula is C11H18N2O2. The molecule has 0 aliphatic rings. The van der Waals surface area contributed by atoms with Crippen molar-refractivity contribution in [2.75, 3.05) is 0 Å². The highest BCUT2D eigenvalue weighted by molar-refractivity contribution is 5.68. The van der Waals surface area contributed by atoms with Crippen molar-refractivity contribution in [3.63, 3.8) is 0 Å². The number of hydrogen-bond acceptors (Lipinski definition) is 2. The van der Waals surface area contributed by atoms with Crippen molar-refractivity contribution in [1.82, 2.24) is 10.3 Å². The Morgan fingerprint density at radius 2 is 2.20 bits per heavy atom. The lowest BCUT2D eigenvalue weighted by molar-refractivity contribution is 0.0508. The van der Waals surface area contributed by atoms with Crippen LogP contribution in [0, 0.1) is 0 Å². The first-order chi connectivity index (χ1) is 6.88. The van der Waals surface area contributed by atoms with Crippen LogP contribution in [0.15, 0.2) is 18.5 Å². The third-order valence-electron chi connectivity index (χ3n) is 1.86. The van der Waals surface area contributed by atoms with E-state index in [9.17, 15) is 4.79 Å². The second-order valence-electron chi connectivity index (χ2n) is 4.51. The second kappa shape index (κ2) is 4.38. The minimum Gasteiger partial charge on any atom is -0.444 e. The quantitative estimate of drug-likeness (QED) is 0.788. The highest BCUT2D eigenvalue weighted by atomic mass is 16.6. The summed E-state index contributed by atoms with van der Waals surface area (Å²) in [5.41, 5.74) is 0.572. The average Bonchev–Trinajstić information content (AvgIpc) is 2.50. The predicted molar refractivity (Wildman–Crippen MR) is 58.6 cm³/mol. The lowest BCUT2D eigenvalue weighted by Gasteiger charge is -2.21. The van der Waals surface area contributed by atoms with Crippen LogP contribution < -0.4 is 5.32 Å². The summed E-state index contributed by atoms with van der Waals surface area (Å²) in [6, 6.07) is 1.87. The summed E-state index contributed by atoms with van der Waals surface area (Å²) in [6.45, 7) is 7.43. The molecule has 1 aromatic rings. The number of amides is 1. The zero-order chi connectivity index (χ0) is 11.5. The van der Waals surface area contributed by atoms with E-state index in [1.807, 2.05) is 46.2 Å². The van der Waals surface area contributed by atoms with Crippen molar-refractivity contribution in [3.8, 4) is 0 Å². The van der Waals surface area contributed by atoms with Crippen LogP contribution in [0.4, 0.5) is 4.79 Å². The van der Waals surface area contributed by atoms with Crippen LogP contribution in [-0.2, 0) is 4.74 Å². The van der Waals surface area contributed by atoms with Crippen LogP contribution in [0.1, 0.15) is 39.3 Å². The molecule has 0 fully saturated rings. The molecule has 4 nitrogen and oxygen atoms in total. The first kappa shape index (κ1) is 11.6. The first-order valence-electron chi connectivity index (χ1n) is 5.01. The summed E-state index contributed by atoms with van der Waals surface area (Å²) in [6.07, 6.45) is 3.28. The van der Waals surface area contributed by atoms with Gasteiger partial charge in [0.05, 0.1) is 6.04 Å². The Hall–Kier alpha value is -1.45. The zero-order valence-corrected chi connectivity index (χ0v) is 9.63. The molecule has 84 valence electrons. The Labute approximate surface area is 90.0 Å². The van der Waals surface area contributed by atoms with Gasteiger partial charge in [0, 0.05) is 12.4 Å². The molecule has 0 saturated carbocycles. The van der Waals surface area contributed by atoms with E-state index >= 15 is 0 Å². The van der Waals surface area contributed by atoms with Crippen molar-refractivity contribution in [1.29, 1.82) is 0 Å². The van der Waals surface area contributed by atoms with E-state index < -0.39 is 11.7 Å². The maximum Gasteiger partial charge on any atom is 0.408 e. The van der Waals surface area contributed by atoms with Gasteiger partial charge in [-0.2, -0.15) is 0 Å². The molecule has 0 spiro atoms. The van der Waals surface area contributed by atoms with Crippen molar-refractivity contribution in [2.24, 2.45) is 0 Å².